The third-order valence-corrected chi connectivity index (χ3v) is 2.23. The molecule has 1 aromatic rings. The SMILES string of the molecule is O=Cc1cccc(C2(F)CC2)c1. The van der Waals surface area contributed by atoms with Crippen LogP contribution >= 0.6 is 0 Å². The van der Waals surface area contributed by atoms with E-state index in [-0.39, 0.29) is 0 Å². The average molecular weight is 164 g/mol. The molecule has 1 nitrogen and oxygen atoms in total. The Labute approximate surface area is 70.2 Å². The monoisotopic (exact) mass is 164 g/mol. The predicted molar refractivity (Wildman–Crippen MR) is 43.8 cm³/mol. The van der Waals surface area contributed by atoms with Gasteiger partial charge in [0.2, 0.25) is 0 Å². The number of hydrogen-bond donors (Lipinski definition) is 0. The van der Waals surface area contributed by atoms with Gasteiger partial charge in [-0.2, -0.15) is 0 Å². The molecule has 0 bridgehead atoms. The van der Waals surface area contributed by atoms with Crippen molar-refractivity contribution < 1.29 is 9.18 Å². The summed E-state index contributed by atoms with van der Waals surface area (Å²) >= 11 is 0. The van der Waals surface area contributed by atoms with E-state index in [1.807, 2.05) is 0 Å². The lowest BCUT2D eigenvalue weighted by Gasteiger charge is -2.04. The molecule has 0 saturated heterocycles. The molecule has 2 heteroatoms. The molecule has 0 atom stereocenters. The van der Waals surface area contributed by atoms with Crippen LogP contribution < -0.4 is 0 Å². The van der Waals surface area contributed by atoms with E-state index in [1.165, 1.54) is 0 Å². The van der Waals surface area contributed by atoms with Crippen LogP contribution in [0.1, 0.15) is 28.8 Å². The lowest BCUT2D eigenvalue weighted by atomic mass is 10.1. The summed E-state index contributed by atoms with van der Waals surface area (Å²) < 4.78 is 13.4. The van der Waals surface area contributed by atoms with Crippen LogP contribution in [0.25, 0.3) is 0 Å². The fraction of sp³-hybridized carbons (Fsp3) is 0.300. The van der Waals surface area contributed by atoms with Crippen molar-refractivity contribution in [2.24, 2.45) is 0 Å². The van der Waals surface area contributed by atoms with Gasteiger partial charge in [-0.25, -0.2) is 4.39 Å². The molecule has 0 radical (unpaired) electrons. The molecule has 1 aliphatic rings. The highest BCUT2D eigenvalue weighted by Crippen LogP contribution is 2.49. The minimum Gasteiger partial charge on any atom is -0.298 e. The molecule has 1 fully saturated rings. The van der Waals surface area contributed by atoms with Gasteiger partial charge >= 0.3 is 0 Å². The van der Waals surface area contributed by atoms with Gasteiger partial charge in [0.15, 0.2) is 0 Å². The lowest BCUT2D eigenvalue weighted by molar-refractivity contribution is 0.112. The lowest BCUT2D eigenvalue weighted by Crippen LogP contribution is -1.97. The van der Waals surface area contributed by atoms with Gasteiger partial charge in [-0.15, -0.1) is 0 Å². The third-order valence-electron chi connectivity index (χ3n) is 2.23. The summed E-state index contributed by atoms with van der Waals surface area (Å²) in [6, 6.07) is 6.76. The number of rotatable bonds is 2. The minimum absolute atomic E-state index is 0.552. The topological polar surface area (TPSA) is 17.1 Å². The number of benzene rings is 1. The number of hydrogen-bond acceptors (Lipinski definition) is 1. The number of carbonyl (C=O) groups excluding carboxylic acids is 1. The number of carbonyl (C=O) groups is 1. The zero-order valence-electron chi connectivity index (χ0n) is 6.59. The maximum atomic E-state index is 13.4. The van der Waals surface area contributed by atoms with Crippen molar-refractivity contribution in [3.05, 3.63) is 35.4 Å². The molecule has 62 valence electrons. The highest BCUT2D eigenvalue weighted by Gasteiger charge is 2.44. The second-order valence-electron chi connectivity index (χ2n) is 3.21. The van der Waals surface area contributed by atoms with E-state index in [1.54, 1.807) is 24.3 Å². The largest absolute Gasteiger partial charge is 0.298 e. The summed E-state index contributed by atoms with van der Waals surface area (Å²) in [6.07, 6.45) is 1.93. The summed E-state index contributed by atoms with van der Waals surface area (Å²) in [5.74, 6) is 0. The molecule has 2 rings (SSSR count). The molecule has 0 spiro atoms. The van der Waals surface area contributed by atoms with E-state index in [0.29, 0.717) is 24.0 Å². The van der Waals surface area contributed by atoms with Gasteiger partial charge in [0.25, 0.3) is 0 Å². The zero-order chi connectivity index (χ0) is 8.60. The van der Waals surface area contributed by atoms with E-state index < -0.39 is 5.67 Å². The van der Waals surface area contributed by atoms with E-state index >= 15 is 0 Å². The Morgan fingerprint density at radius 1 is 1.42 bits per heavy atom. The first-order chi connectivity index (χ1) is 5.74. The Morgan fingerprint density at radius 3 is 2.75 bits per heavy atom. The Morgan fingerprint density at radius 2 is 2.17 bits per heavy atom. The molecule has 12 heavy (non-hydrogen) atoms. The standard InChI is InChI=1S/C10H9FO/c11-10(4-5-10)9-3-1-2-8(6-9)7-12/h1-3,6-7H,4-5H2. The Balaban J connectivity index is 2.38. The van der Waals surface area contributed by atoms with E-state index in [4.69, 9.17) is 0 Å². The second-order valence-corrected chi connectivity index (χ2v) is 3.21. The molecule has 0 unspecified atom stereocenters. The van der Waals surface area contributed by atoms with E-state index in [2.05, 4.69) is 0 Å². The van der Waals surface area contributed by atoms with Crippen LogP contribution in [-0.4, -0.2) is 6.29 Å². The maximum Gasteiger partial charge on any atom is 0.150 e. The van der Waals surface area contributed by atoms with Gasteiger partial charge < -0.3 is 0 Å². The van der Waals surface area contributed by atoms with Crippen molar-refractivity contribution in [3.8, 4) is 0 Å². The fourth-order valence-corrected chi connectivity index (χ4v) is 1.29. The highest BCUT2D eigenvalue weighted by atomic mass is 19.1. The minimum atomic E-state index is -1.13. The molecule has 0 heterocycles. The second kappa shape index (κ2) is 2.41. The Kier molecular flexibility index (Phi) is 1.50. The smallest absolute Gasteiger partial charge is 0.150 e. The van der Waals surface area contributed by atoms with Crippen molar-refractivity contribution in [2.75, 3.05) is 0 Å². The van der Waals surface area contributed by atoms with Gasteiger partial charge in [0.1, 0.15) is 12.0 Å². The van der Waals surface area contributed by atoms with Crippen LogP contribution in [0.5, 0.6) is 0 Å². The summed E-state index contributed by atoms with van der Waals surface area (Å²) in [6.45, 7) is 0. The summed E-state index contributed by atoms with van der Waals surface area (Å²) in [5, 5.41) is 0. The highest BCUT2D eigenvalue weighted by molar-refractivity contribution is 5.75. The predicted octanol–water partition coefficient (Wildman–Crippen LogP) is 2.46. The summed E-state index contributed by atoms with van der Waals surface area (Å²) in [5.41, 5.74) is 0.0717. The van der Waals surface area contributed by atoms with E-state index in [9.17, 15) is 9.18 Å². The van der Waals surface area contributed by atoms with Crippen LogP contribution in [0.3, 0.4) is 0 Å². The molecule has 0 N–H and O–H groups in total. The first-order valence-electron chi connectivity index (χ1n) is 3.99. The van der Waals surface area contributed by atoms with Crippen LogP contribution in [0, 0.1) is 0 Å². The van der Waals surface area contributed by atoms with Crippen molar-refractivity contribution in [3.63, 3.8) is 0 Å². The Hall–Kier alpha value is -1.18. The number of halogens is 1. The molecular formula is C10H9FO. The van der Waals surface area contributed by atoms with Gasteiger partial charge in [-0.05, 0) is 24.5 Å². The van der Waals surface area contributed by atoms with Crippen LogP contribution in [0.15, 0.2) is 24.3 Å². The molecule has 0 amide bonds. The molecular weight excluding hydrogens is 155 g/mol. The van der Waals surface area contributed by atoms with Crippen LogP contribution in [0.4, 0.5) is 4.39 Å². The zero-order valence-corrected chi connectivity index (χ0v) is 6.59. The van der Waals surface area contributed by atoms with Gasteiger partial charge in [-0.1, -0.05) is 18.2 Å². The quantitative estimate of drug-likeness (QED) is 0.613. The summed E-state index contributed by atoms with van der Waals surface area (Å²) in [7, 11) is 0. The molecule has 1 aliphatic carbocycles. The molecule has 0 aliphatic heterocycles. The number of alkyl halides is 1. The number of aldehydes is 1. The van der Waals surface area contributed by atoms with Gasteiger partial charge in [-0.3, -0.25) is 4.79 Å². The maximum absolute atomic E-state index is 13.4. The first kappa shape index (κ1) is 7.47. The molecule has 0 aromatic heterocycles. The average Bonchev–Trinajstić information content (AvgIpc) is 2.85. The van der Waals surface area contributed by atoms with Gasteiger partial charge in [0, 0.05) is 5.56 Å². The van der Waals surface area contributed by atoms with Crippen LogP contribution in [0.2, 0.25) is 0 Å². The summed E-state index contributed by atoms with van der Waals surface area (Å²) in [4.78, 5) is 10.4. The van der Waals surface area contributed by atoms with Crippen molar-refractivity contribution in [1.29, 1.82) is 0 Å². The first-order valence-corrected chi connectivity index (χ1v) is 3.99. The van der Waals surface area contributed by atoms with Crippen molar-refractivity contribution in [2.45, 2.75) is 18.5 Å². The van der Waals surface area contributed by atoms with Crippen LogP contribution in [-0.2, 0) is 5.67 Å². The third kappa shape index (κ3) is 1.13. The molecule has 1 aromatic carbocycles. The van der Waals surface area contributed by atoms with Crippen molar-refractivity contribution >= 4 is 6.29 Å². The molecule has 1 saturated carbocycles. The fourth-order valence-electron chi connectivity index (χ4n) is 1.29. The Bertz CT molecular complexity index is 315. The van der Waals surface area contributed by atoms with Crippen molar-refractivity contribution in [1.82, 2.24) is 0 Å². The van der Waals surface area contributed by atoms with E-state index in [0.717, 1.165) is 6.29 Å². The normalized spacial score (nSPS) is 18.8. The van der Waals surface area contributed by atoms with Gasteiger partial charge in [0.05, 0.1) is 0 Å².